The smallest absolute Gasteiger partial charge is 0.124 e. The van der Waals surface area contributed by atoms with E-state index in [1.54, 1.807) is 6.07 Å². The monoisotopic (exact) mass is 215 g/mol. The molecule has 3 heteroatoms. The molecule has 0 heterocycles. The van der Waals surface area contributed by atoms with Crippen molar-refractivity contribution < 1.29 is 4.39 Å². The van der Waals surface area contributed by atoms with E-state index in [1.165, 1.54) is 12.1 Å². The van der Waals surface area contributed by atoms with E-state index in [0.717, 1.165) is 18.4 Å². The molecule has 0 fully saturated rings. The quantitative estimate of drug-likeness (QED) is 0.821. The maximum absolute atomic E-state index is 12.7. The van der Waals surface area contributed by atoms with Crippen molar-refractivity contribution in [3.8, 4) is 0 Å². The second kappa shape index (κ2) is 5.32. The SMILES string of the molecule is CCC[C@@H](N)Cc1ccc(F)cc1Cl. The van der Waals surface area contributed by atoms with Gasteiger partial charge in [0.05, 0.1) is 0 Å². The van der Waals surface area contributed by atoms with Crippen molar-refractivity contribution in [2.75, 3.05) is 0 Å². The van der Waals surface area contributed by atoms with Gasteiger partial charge in [0.1, 0.15) is 5.82 Å². The van der Waals surface area contributed by atoms with Crippen LogP contribution in [0.25, 0.3) is 0 Å². The number of benzene rings is 1. The van der Waals surface area contributed by atoms with Gasteiger partial charge in [-0.2, -0.15) is 0 Å². The molecular weight excluding hydrogens is 201 g/mol. The molecule has 0 aromatic heterocycles. The van der Waals surface area contributed by atoms with E-state index in [2.05, 4.69) is 6.92 Å². The molecule has 0 amide bonds. The topological polar surface area (TPSA) is 26.0 Å². The second-order valence-corrected chi connectivity index (χ2v) is 3.90. The number of nitrogens with two attached hydrogens (primary N) is 1. The van der Waals surface area contributed by atoms with Gasteiger partial charge in [-0.3, -0.25) is 0 Å². The standard InChI is InChI=1S/C11H15ClFN/c1-2-3-10(14)6-8-4-5-9(13)7-11(8)12/h4-5,7,10H,2-3,6,14H2,1H3/t10-/m1/s1. The van der Waals surface area contributed by atoms with E-state index < -0.39 is 0 Å². The molecule has 2 N–H and O–H groups in total. The molecule has 1 aromatic rings. The van der Waals surface area contributed by atoms with Crippen LogP contribution in [0.5, 0.6) is 0 Å². The summed E-state index contributed by atoms with van der Waals surface area (Å²) in [6, 6.07) is 4.56. The highest BCUT2D eigenvalue weighted by molar-refractivity contribution is 6.31. The molecule has 0 aliphatic carbocycles. The zero-order valence-electron chi connectivity index (χ0n) is 8.26. The molecule has 1 atom stereocenters. The van der Waals surface area contributed by atoms with E-state index in [4.69, 9.17) is 17.3 Å². The van der Waals surface area contributed by atoms with Crippen molar-refractivity contribution in [3.63, 3.8) is 0 Å². The molecule has 1 aromatic carbocycles. The first-order chi connectivity index (χ1) is 6.63. The Morgan fingerprint density at radius 1 is 1.50 bits per heavy atom. The van der Waals surface area contributed by atoms with Crippen LogP contribution in [-0.4, -0.2) is 6.04 Å². The maximum Gasteiger partial charge on any atom is 0.124 e. The van der Waals surface area contributed by atoms with Gasteiger partial charge < -0.3 is 5.73 Å². The van der Waals surface area contributed by atoms with Crippen LogP contribution in [0.2, 0.25) is 5.02 Å². The fraction of sp³-hybridized carbons (Fsp3) is 0.455. The largest absolute Gasteiger partial charge is 0.327 e. The lowest BCUT2D eigenvalue weighted by Crippen LogP contribution is -2.22. The fourth-order valence-corrected chi connectivity index (χ4v) is 1.69. The molecule has 78 valence electrons. The molecule has 1 nitrogen and oxygen atoms in total. The van der Waals surface area contributed by atoms with Gasteiger partial charge in [-0.25, -0.2) is 4.39 Å². The lowest BCUT2D eigenvalue weighted by Gasteiger charge is -2.11. The van der Waals surface area contributed by atoms with E-state index in [1.807, 2.05) is 0 Å². The third kappa shape index (κ3) is 3.28. The van der Waals surface area contributed by atoms with E-state index in [0.29, 0.717) is 11.4 Å². The van der Waals surface area contributed by atoms with Crippen LogP contribution in [0.4, 0.5) is 4.39 Å². The summed E-state index contributed by atoms with van der Waals surface area (Å²) in [5.41, 5.74) is 6.80. The summed E-state index contributed by atoms with van der Waals surface area (Å²) in [6.07, 6.45) is 2.74. The summed E-state index contributed by atoms with van der Waals surface area (Å²) in [5, 5.41) is 0.469. The van der Waals surface area contributed by atoms with Crippen LogP contribution < -0.4 is 5.73 Å². The molecular formula is C11H15ClFN. The van der Waals surface area contributed by atoms with Crippen LogP contribution in [0.15, 0.2) is 18.2 Å². The Morgan fingerprint density at radius 3 is 2.79 bits per heavy atom. The van der Waals surface area contributed by atoms with Crippen LogP contribution in [0.1, 0.15) is 25.3 Å². The maximum atomic E-state index is 12.7. The molecule has 14 heavy (non-hydrogen) atoms. The average Bonchev–Trinajstić information content (AvgIpc) is 2.10. The Bertz CT molecular complexity index is 301. The van der Waals surface area contributed by atoms with Crippen LogP contribution in [0, 0.1) is 5.82 Å². The first-order valence-corrected chi connectivity index (χ1v) is 5.20. The molecule has 1 rings (SSSR count). The molecule has 0 unspecified atom stereocenters. The minimum atomic E-state index is -0.303. The van der Waals surface area contributed by atoms with Gasteiger partial charge in [-0.15, -0.1) is 0 Å². The average molecular weight is 216 g/mol. The van der Waals surface area contributed by atoms with Gasteiger partial charge in [0.2, 0.25) is 0 Å². The van der Waals surface area contributed by atoms with Crippen molar-refractivity contribution in [1.29, 1.82) is 0 Å². The zero-order chi connectivity index (χ0) is 10.6. The fourth-order valence-electron chi connectivity index (χ4n) is 1.44. The number of hydrogen-bond donors (Lipinski definition) is 1. The minimum Gasteiger partial charge on any atom is -0.327 e. The summed E-state index contributed by atoms with van der Waals surface area (Å²) in [6.45, 7) is 2.09. The highest BCUT2D eigenvalue weighted by Crippen LogP contribution is 2.19. The minimum absolute atomic E-state index is 0.114. The van der Waals surface area contributed by atoms with Gasteiger partial charge in [0.25, 0.3) is 0 Å². The van der Waals surface area contributed by atoms with Crippen LogP contribution in [-0.2, 0) is 6.42 Å². The summed E-state index contributed by atoms with van der Waals surface area (Å²) < 4.78 is 12.7. The lowest BCUT2D eigenvalue weighted by molar-refractivity contribution is 0.597. The number of rotatable bonds is 4. The number of hydrogen-bond acceptors (Lipinski definition) is 1. The van der Waals surface area contributed by atoms with Crippen molar-refractivity contribution in [1.82, 2.24) is 0 Å². The second-order valence-electron chi connectivity index (χ2n) is 3.49. The molecule has 0 aliphatic rings. The summed E-state index contributed by atoms with van der Waals surface area (Å²) in [7, 11) is 0. The van der Waals surface area contributed by atoms with Crippen molar-refractivity contribution >= 4 is 11.6 Å². The van der Waals surface area contributed by atoms with E-state index in [-0.39, 0.29) is 11.9 Å². The van der Waals surface area contributed by atoms with Crippen molar-refractivity contribution in [3.05, 3.63) is 34.6 Å². The summed E-state index contributed by atoms with van der Waals surface area (Å²) >= 11 is 5.88. The summed E-state index contributed by atoms with van der Waals surface area (Å²) in [5.74, 6) is -0.303. The zero-order valence-corrected chi connectivity index (χ0v) is 9.02. The molecule has 0 saturated heterocycles. The van der Waals surface area contributed by atoms with Crippen LogP contribution >= 0.6 is 11.6 Å². The first-order valence-electron chi connectivity index (χ1n) is 4.83. The van der Waals surface area contributed by atoms with Crippen molar-refractivity contribution in [2.24, 2.45) is 5.73 Å². The molecule has 0 bridgehead atoms. The third-order valence-corrected chi connectivity index (χ3v) is 2.51. The van der Waals surface area contributed by atoms with Gasteiger partial charge >= 0.3 is 0 Å². The Morgan fingerprint density at radius 2 is 2.21 bits per heavy atom. The Kier molecular flexibility index (Phi) is 4.36. The summed E-state index contributed by atoms with van der Waals surface area (Å²) in [4.78, 5) is 0. The van der Waals surface area contributed by atoms with Gasteiger partial charge in [-0.05, 0) is 30.5 Å². The lowest BCUT2D eigenvalue weighted by atomic mass is 10.0. The highest BCUT2D eigenvalue weighted by Gasteiger charge is 2.06. The van der Waals surface area contributed by atoms with Crippen LogP contribution in [0.3, 0.4) is 0 Å². The molecule has 0 aliphatic heterocycles. The van der Waals surface area contributed by atoms with Gasteiger partial charge in [0, 0.05) is 11.1 Å². The Labute approximate surface area is 89.1 Å². The molecule has 0 saturated carbocycles. The van der Waals surface area contributed by atoms with Gasteiger partial charge in [0.15, 0.2) is 0 Å². The normalized spacial score (nSPS) is 12.9. The molecule has 0 radical (unpaired) electrons. The predicted molar refractivity (Wildman–Crippen MR) is 58.0 cm³/mol. The Balaban J connectivity index is 2.67. The number of halogens is 2. The van der Waals surface area contributed by atoms with E-state index in [9.17, 15) is 4.39 Å². The highest BCUT2D eigenvalue weighted by atomic mass is 35.5. The Hall–Kier alpha value is -0.600. The van der Waals surface area contributed by atoms with Gasteiger partial charge in [-0.1, -0.05) is 31.0 Å². The molecule has 0 spiro atoms. The first kappa shape index (κ1) is 11.5. The third-order valence-electron chi connectivity index (χ3n) is 2.16. The van der Waals surface area contributed by atoms with E-state index >= 15 is 0 Å². The predicted octanol–water partition coefficient (Wildman–Crippen LogP) is 3.15. The van der Waals surface area contributed by atoms with Crippen molar-refractivity contribution in [2.45, 2.75) is 32.2 Å².